The maximum absolute atomic E-state index is 4.35. The average molecular weight is 595 g/mol. The van der Waals surface area contributed by atoms with Crippen molar-refractivity contribution in [2.45, 2.75) is 165 Å². The Bertz CT molecular complexity index is 975. The van der Waals surface area contributed by atoms with E-state index in [0.717, 1.165) is 53.3 Å². The SMILES string of the molecule is CCCC1CCCC2C3NC4NC(NC5NC(NC6NC(NC(N3)C12)C1CCCCC61)C1CCCCC51)C1CCCCC41. The van der Waals surface area contributed by atoms with E-state index in [1.165, 1.54) is 109 Å². The summed E-state index contributed by atoms with van der Waals surface area (Å²) >= 11 is 0. The Kier molecular flexibility index (Phi) is 8.08. The summed E-state index contributed by atoms with van der Waals surface area (Å²) < 4.78 is 0. The van der Waals surface area contributed by atoms with Crippen LogP contribution in [0.2, 0.25) is 0 Å². The van der Waals surface area contributed by atoms with Crippen molar-refractivity contribution in [3.8, 4) is 0 Å². The molecule has 17 unspecified atom stereocenters. The second-order valence-electron chi connectivity index (χ2n) is 16.7. The third-order valence-corrected chi connectivity index (χ3v) is 14.7. The molecule has 9 fully saturated rings. The van der Waals surface area contributed by atoms with E-state index in [4.69, 9.17) is 0 Å². The van der Waals surface area contributed by atoms with Crippen LogP contribution in [-0.4, -0.2) is 49.3 Å². The van der Waals surface area contributed by atoms with Crippen molar-refractivity contribution < 1.29 is 0 Å². The lowest BCUT2D eigenvalue weighted by atomic mass is 9.70. The van der Waals surface area contributed by atoms with Gasteiger partial charge in [-0.3, -0.25) is 42.5 Å². The van der Waals surface area contributed by atoms with Gasteiger partial charge in [-0.15, -0.1) is 0 Å². The summed E-state index contributed by atoms with van der Waals surface area (Å²) in [5.41, 5.74) is 0. The zero-order chi connectivity index (χ0) is 28.5. The molecule has 0 aromatic carbocycles. The molecule has 5 aliphatic heterocycles. The minimum atomic E-state index is 0.403. The van der Waals surface area contributed by atoms with E-state index in [2.05, 4.69) is 49.5 Å². The fraction of sp³-hybridized carbons (Fsp3) is 1.00. The lowest BCUT2D eigenvalue weighted by Crippen LogP contribution is -2.61. The van der Waals surface area contributed by atoms with Gasteiger partial charge in [0.1, 0.15) is 0 Å². The molecule has 4 aliphatic carbocycles. The van der Waals surface area contributed by atoms with Crippen molar-refractivity contribution in [2.75, 3.05) is 0 Å². The van der Waals surface area contributed by atoms with E-state index >= 15 is 0 Å². The van der Waals surface area contributed by atoms with Crippen molar-refractivity contribution in [3.63, 3.8) is 0 Å². The highest BCUT2D eigenvalue weighted by Gasteiger charge is 2.55. The number of nitrogens with one attached hydrogen (secondary N) is 8. The molecule has 43 heavy (non-hydrogen) atoms. The van der Waals surface area contributed by atoms with Crippen LogP contribution < -0.4 is 42.5 Å². The minimum Gasteiger partial charge on any atom is -0.286 e. The molecule has 8 bridgehead atoms. The van der Waals surface area contributed by atoms with E-state index < -0.39 is 0 Å². The molecule has 0 amide bonds. The molecule has 242 valence electrons. The van der Waals surface area contributed by atoms with Crippen LogP contribution in [0.25, 0.3) is 0 Å². The van der Waals surface area contributed by atoms with E-state index in [1.807, 2.05) is 0 Å². The first kappa shape index (κ1) is 28.9. The summed E-state index contributed by atoms with van der Waals surface area (Å²) in [6.45, 7) is 2.41. The van der Waals surface area contributed by atoms with Gasteiger partial charge in [0.15, 0.2) is 0 Å². The second-order valence-corrected chi connectivity index (χ2v) is 16.7. The highest BCUT2D eigenvalue weighted by Crippen LogP contribution is 2.47. The first-order chi connectivity index (χ1) is 21.2. The van der Waals surface area contributed by atoms with E-state index in [1.54, 1.807) is 0 Å². The zero-order valence-electron chi connectivity index (χ0n) is 26.8. The van der Waals surface area contributed by atoms with Gasteiger partial charge in [-0.05, 0) is 98.2 Å². The van der Waals surface area contributed by atoms with Crippen LogP contribution in [0, 0.1) is 53.3 Å². The van der Waals surface area contributed by atoms with E-state index in [0.29, 0.717) is 49.3 Å². The third-order valence-electron chi connectivity index (χ3n) is 14.7. The lowest BCUT2D eigenvalue weighted by molar-refractivity contribution is 0.116. The maximum atomic E-state index is 4.35. The predicted octanol–water partition coefficient (Wildman–Crippen LogP) is 3.63. The smallest absolute Gasteiger partial charge is 0.0631 e. The van der Waals surface area contributed by atoms with Crippen LogP contribution in [0.1, 0.15) is 116 Å². The van der Waals surface area contributed by atoms with E-state index in [-0.39, 0.29) is 0 Å². The quantitative estimate of drug-likeness (QED) is 0.246. The number of rotatable bonds is 2. The number of hydrogen-bond acceptors (Lipinski definition) is 8. The highest BCUT2D eigenvalue weighted by atomic mass is 15.4. The van der Waals surface area contributed by atoms with Gasteiger partial charge in [0.05, 0.1) is 49.3 Å². The first-order valence-electron chi connectivity index (χ1n) is 19.3. The molecule has 8 heteroatoms. The predicted molar refractivity (Wildman–Crippen MR) is 171 cm³/mol. The molecule has 8 nitrogen and oxygen atoms in total. The third kappa shape index (κ3) is 5.08. The Morgan fingerprint density at radius 3 is 1.00 bits per heavy atom. The van der Waals surface area contributed by atoms with Gasteiger partial charge in [-0.2, -0.15) is 0 Å². The summed E-state index contributed by atoms with van der Waals surface area (Å²) in [6, 6.07) is 0. The van der Waals surface area contributed by atoms with Crippen LogP contribution in [0.15, 0.2) is 0 Å². The molecule has 5 saturated heterocycles. The Labute approximate surface area is 260 Å². The summed E-state index contributed by atoms with van der Waals surface area (Å²) in [6.07, 6.45) is 26.8. The van der Waals surface area contributed by atoms with Gasteiger partial charge in [-0.1, -0.05) is 71.1 Å². The van der Waals surface area contributed by atoms with Crippen molar-refractivity contribution in [3.05, 3.63) is 0 Å². The fourth-order valence-electron chi connectivity index (χ4n) is 12.9. The van der Waals surface area contributed by atoms with Crippen LogP contribution in [0.5, 0.6) is 0 Å². The summed E-state index contributed by atoms with van der Waals surface area (Å²) in [5, 5.41) is 34.2. The highest BCUT2D eigenvalue weighted by molar-refractivity contribution is 5.09. The van der Waals surface area contributed by atoms with Gasteiger partial charge in [0, 0.05) is 0 Å². The zero-order valence-corrected chi connectivity index (χ0v) is 26.8. The number of fused-ring (bicyclic) bond motifs is 20. The second kappa shape index (κ2) is 12.0. The van der Waals surface area contributed by atoms with E-state index in [9.17, 15) is 0 Å². The molecule has 0 spiro atoms. The van der Waals surface area contributed by atoms with Gasteiger partial charge >= 0.3 is 0 Å². The van der Waals surface area contributed by atoms with Crippen LogP contribution in [0.4, 0.5) is 0 Å². The minimum absolute atomic E-state index is 0.403. The fourth-order valence-corrected chi connectivity index (χ4v) is 12.9. The Morgan fingerprint density at radius 1 is 0.349 bits per heavy atom. The van der Waals surface area contributed by atoms with Gasteiger partial charge in [0.2, 0.25) is 0 Å². The molecule has 9 aliphatic rings. The van der Waals surface area contributed by atoms with Gasteiger partial charge < -0.3 is 0 Å². The van der Waals surface area contributed by atoms with Crippen molar-refractivity contribution >= 4 is 0 Å². The Balaban J connectivity index is 1.06. The monoisotopic (exact) mass is 595 g/mol. The van der Waals surface area contributed by atoms with Crippen molar-refractivity contribution in [1.29, 1.82) is 0 Å². The standard InChI is InChI=1S/C35H62N8/c1-2-10-19-11-9-18-26-27(19)35-42-33-25-17-8-7-16-24(25)31(40-33)38-29-21-13-4-3-12-20(21)28(36-29)37-30-22-14-5-6-15-23(22)32(39-30)41-34(26)43-35/h19-43H,2-18H2,1H3. The lowest BCUT2D eigenvalue weighted by Gasteiger charge is -2.39. The summed E-state index contributed by atoms with van der Waals surface area (Å²) in [4.78, 5) is 0. The average Bonchev–Trinajstić information content (AvgIpc) is 3.77. The normalized spacial score (nSPS) is 56.2. The molecular weight excluding hydrogens is 532 g/mol. The topological polar surface area (TPSA) is 96.2 Å². The van der Waals surface area contributed by atoms with Crippen molar-refractivity contribution in [2.24, 2.45) is 53.3 Å². The molecule has 5 heterocycles. The molecule has 0 aromatic heterocycles. The molecule has 17 atom stereocenters. The van der Waals surface area contributed by atoms with Crippen LogP contribution in [0.3, 0.4) is 0 Å². The molecule has 4 saturated carbocycles. The Morgan fingerprint density at radius 2 is 0.651 bits per heavy atom. The van der Waals surface area contributed by atoms with Crippen LogP contribution in [-0.2, 0) is 0 Å². The molecule has 8 N–H and O–H groups in total. The molecule has 0 radical (unpaired) electrons. The maximum Gasteiger partial charge on any atom is 0.0631 e. The van der Waals surface area contributed by atoms with Crippen LogP contribution >= 0.6 is 0 Å². The largest absolute Gasteiger partial charge is 0.286 e. The molecule has 0 aromatic rings. The summed E-state index contributed by atoms with van der Waals surface area (Å²) in [5.74, 6) is 6.74. The van der Waals surface area contributed by atoms with Crippen molar-refractivity contribution in [1.82, 2.24) is 42.5 Å². The Hall–Kier alpha value is -0.320. The first-order valence-corrected chi connectivity index (χ1v) is 19.3. The number of hydrogen-bond donors (Lipinski definition) is 8. The van der Waals surface area contributed by atoms with Gasteiger partial charge in [0.25, 0.3) is 0 Å². The summed E-state index contributed by atoms with van der Waals surface area (Å²) in [7, 11) is 0. The molecular formula is C35H62N8. The van der Waals surface area contributed by atoms with Gasteiger partial charge in [-0.25, -0.2) is 0 Å². The molecule has 9 rings (SSSR count).